The molecule has 0 aliphatic carbocycles. The Morgan fingerprint density at radius 2 is 1.77 bits per heavy atom. The van der Waals surface area contributed by atoms with Gasteiger partial charge < -0.3 is 10.3 Å². The van der Waals surface area contributed by atoms with Crippen molar-refractivity contribution in [3.8, 4) is 17.1 Å². The third-order valence-corrected chi connectivity index (χ3v) is 5.04. The van der Waals surface area contributed by atoms with E-state index < -0.39 is 0 Å². The van der Waals surface area contributed by atoms with Gasteiger partial charge in [0.1, 0.15) is 5.82 Å². The molecule has 2 aromatic heterocycles. The number of rotatable bonds is 4. The minimum Gasteiger partial charge on any atom is -0.338 e. The van der Waals surface area contributed by atoms with Crippen LogP contribution in [0.2, 0.25) is 0 Å². The second kappa shape index (κ2) is 7.33. The number of aromatic amines is 1. The van der Waals surface area contributed by atoms with Crippen molar-refractivity contribution >= 4 is 22.6 Å². The quantitative estimate of drug-likeness (QED) is 0.452. The zero-order chi connectivity index (χ0) is 20.5. The number of imidazole rings is 1. The summed E-state index contributed by atoms with van der Waals surface area (Å²) in [5, 5.41) is 7.35. The van der Waals surface area contributed by atoms with Gasteiger partial charge in [-0.15, -0.1) is 0 Å². The summed E-state index contributed by atoms with van der Waals surface area (Å²) in [6.07, 6.45) is 1.60. The van der Waals surface area contributed by atoms with Crippen LogP contribution in [-0.2, 0) is 0 Å². The lowest BCUT2D eigenvalue weighted by Gasteiger charge is -2.07. The van der Waals surface area contributed by atoms with Gasteiger partial charge in [0.15, 0.2) is 0 Å². The van der Waals surface area contributed by atoms with E-state index >= 15 is 0 Å². The van der Waals surface area contributed by atoms with Crippen LogP contribution in [0.4, 0.5) is 5.69 Å². The van der Waals surface area contributed by atoms with E-state index in [0.717, 1.165) is 33.8 Å². The SMILES string of the molecule is Cc1c(C(=O)Nc2cccc(-c3nc4ccccc4[nH]3)c2)cnn1-c1ccccc1. The first kappa shape index (κ1) is 17.9. The number of fused-ring (bicyclic) bond motifs is 1. The lowest BCUT2D eigenvalue weighted by Crippen LogP contribution is -2.13. The number of carbonyl (C=O) groups excluding carboxylic acids is 1. The molecule has 0 radical (unpaired) electrons. The smallest absolute Gasteiger partial charge is 0.259 e. The molecule has 0 saturated heterocycles. The van der Waals surface area contributed by atoms with Crippen molar-refractivity contribution in [2.24, 2.45) is 0 Å². The Balaban J connectivity index is 1.41. The monoisotopic (exact) mass is 393 g/mol. The van der Waals surface area contributed by atoms with Crippen molar-refractivity contribution in [2.45, 2.75) is 6.92 Å². The average Bonchev–Trinajstić information content (AvgIpc) is 3.38. The molecule has 30 heavy (non-hydrogen) atoms. The number of amides is 1. The van der Waals surface area contributed by atoms with Crippen LogP contribution in [0.15, 0.2) is 85.1 Å². The molecule has 0 atom stereocenters. The second-order valence-corrected chi connectivity index (χ2v) is 7.03. The van der Waals surface area contributed by atoms with Crippen molar-refractivity contribution in [2.75, 3.05) is 5.32 Å². The minimum absolute atomic E-state index is 0.198. The number of carbonyl (C=O) groups is 1. The van der Waals surface area contributed by atoms with E-state index in [2.05, 4.69) is 20.4 Å². The Morgan fingerprint density at radius 1 is 0.967 bits per heavy atom. The van der Waals surface area contributed by atoms with E-state index in [0.29, 0.717) is 11.3 Å². The molecule has 0 fully saturated rings. The Hall–Kier alpha value is -4.19. The molecular formula is C24H19N5O. The molecule has 0 aliphatic rings. The third kappa shape index (κ3) is 3.24. The van der Waals surface area contributed by atoms with E-state index in [1.807, 2.05) is 85.8 Å². The number of anilines is 1. The summed E-state index contributed by atoms with van der Waals surface area (Å²) in [6.45, 7) is 1.89. The van der Waals surface area contributed by atoms with E-state index in [1.54, 1.807) is 10.9 Å². The standard InChI is InChI=1S/C24H19N5O/c1-16-20(15-25-29(16)19-10-3-2-4-11-19)24(30)26-18-9-7-8-17(14-18)23-27-21-12-5-6-13-22(21)28-23/h2-15H,1H3,(H,26,30)(H,27,28). The maximum atomic E-state index is 12.9. The lowest BCUT2D eigenvalue weighted by atomic mass is 10.1. The molecule has 2 heterocycles. The molecule has 5 rings (SSSR count). The van der Waals surface area contributed by atoms with Gasteiger partial charge in [-0.3, -0.25) is 4.79 Å². The Labute approximate surface area is 173 Å². The van der Waals surface area contributed by atoms with E-state index in [9.17, 15) is 4.79 Å². The van der Waals surface area contributed by atoms with Crippen LogP contribution in [0.25, 0.3) is 28.1 Å². The van der Waals surface area contributed by atoms with Crippen LogP contribution in [0, 0.1) is 6.92 Å². The molecule has 2 N–H and O–H groups in total. The molecule has 5 aromatic rings. The zero-order valence-corrected chi connectivity index (χ0v) is 16.3. The van der Waals surface area contributed by atoms with Crippen LogP contribution < -0.4 is 5.32 Å². The summed E-state index contributed by atoms with van der Waals surface area (Å²) in [5.74, 6) is 0.566. The largest absolute Gasteiger partial charge is 0.338 e. The van der Waals surface area contributed by atoms with Gasteiger partial charge in [0.05, 0.1) is 34.2 Å². The van der Waals surface area contributed by atoms with Crippen LogP contribution >= 0.6 is 0 Å². The number of nitrogens with one attached hydrogen (secondary N) is 2. The Kier molecular flexibility index (Phi) is 4.37. The molecule has 6 nitrogen and oxygen atoms in total. The molecule has 0 unspecified atom stereocenters. The number of hydrogen-bond donors (Lipinski definition) is 2. The molecule has 6 heteroatoms. The highest BCUT2D eigenvalue weighted by Gasteiger charge is 2.16. The molecule has 3 aromatic carbocycles. The second-order valence-electron chi connectivity index (χ2n) is 7.03. The third-order valence-electron chi connectivity index (χ3n) is 5.04. The Morgan fingerprint density at radius 3 is 2.60 bits per heavy atom. The molecule has 1 amide bonds. The van der Waals surface area contributed by atoms with Crippen molar-refractivity contribution < 1.29 is 4.79 Å². The summed E-state index contributed by atoms with van der Waals surface area (Å²) in [6, 6.07) is 25.3. The number of para-hydroxylation sites is 3. The number of benzene rings is 3. The van der Waals surface area contributed by atoms with Crippen molar-refractivity contribution in [1.29, 1.82) is 0 Å². The van der Waals surface area contributed by atoms with Gasteiger partial charge in [0.25, 0.3) is 5.91 Å². The normalized spacial score (nSPS) is 11.0. The van der Waals surface area contributed by atoms with Crippen LogP contribution in [0.3, 0.4) is 0 Å². The summed E-state index contributed by atoms with van der Waals surface area (Å²) in [4.78, 5) is 20.8. The number of H-pyrrole nitrogens is 1. The van der Waals surface area contributed by atoms with Crippen molar-refractivity contribution in [3.63, 3.8) is 0 Å². The predicted molar refractivity (Wildman–Crippen MR) is 118 cm³/mol. The number of hydrogen-bond acceptors (Lipinski definition) is 3. The first-order valence-electron chi connectivity index (χ1n) is 9.65. The first-order chi connectivity index (χ1) is 14.7. The van der Waals surface area contributed by atoms with Crippen molar-refractivity contribution in [1.82, 2.24) is 19.7 Å². The molecule has 146 valence electrons. The predicted octanol–water partition coefficient (Wildman–Crippen LogP) is 4.98. The molecule has 0 aliphatic heterocycles. The van der Waals surface area contributed by atoms with Crippen LogP contribution in [-0.4, -0.2) is 25.7 Å². The number of nitrogens with zero attached hydrogens (tertiary/aromatic N) is 3. The van der Waals surface area contributed by atoms with Gasteiger partial charge in [0, 0.05) is 11.3 Å². The summed E-state index contributed by atoms with van der Waals surface area (Å²) < 4.78 is 1.76. The molecule has 0 spiro atoms. The fraction of sp³-hybridized carbons (Fsp3) is 0.0417. The molecule has 0 saturated carbocycles. The molecular weight excluding hydrogens is 374 g/mol. The summed E-state index contributed by atoms with van der Waals surface area (Å²) in [5.41, 5.74) is 5.73. The van der Waals surface area contributed by atoms with Gasteiger partial charge >= 0.3 is 0 Å². The maximum absolute atomic E-state index is 12.9. The van der Waals surface area contributed by atoms with Crippen LogP contribution in [0.5, 0.6) is 0 Å². The van der Waals surface area contributed by atoms with E-state index in [-0.39, 0.29) is 5.91 Å². The van der Waals surface area contributed by atoms with Crippen molar-refractivity contribution in [3.05, 3.63) is 96.3 Å². The topological polar surface area (TPSA) is 75.6 Å². The fourth-order valence-corrected chi connectivity index (χ4v) is 3.49. The Bertz CT molecular complexity index is 1320. The highest BCUT2D eigenvalue weighted by Crippen LogP contribution is 2.24. The minimum atomic E-state index is -0.198. The fourth-order valence-electron chi connectivity index (χ4n) is 3.49. The zero-order valence-electron chi connectivity index (χ0n) is 16.3. The lowest BCUT2D eigenvalue weighted by molar-refractivity contribution is 0.102. The van der Waals surface area contributed by atoms with Gasteiger partial charge in [-0.1, -0.05) is 42.5 Å². The van der Waals surface area contributed by atoms with Gasteiger partial charge in [-0.2, -0.15) is 5.10 Å². The van der Waals surface area contributed by atoms with Gasteiger partial charge in [-0.05, 0) is 43.3 Å². The highest BCUT2D eigenvalue weighted by atomic mass is 16.1. The highest BCUT2D eigenvalue weighted by molar-refractivity contribution is 6.05. The van der Waals surface area contributed by atoms with Gasteiger partial charge in [-0.25, -0.2) is 9.67 Å². The summed E-state index contributed by atoms with van der Waals surface area (Å²) in [7, 11) is 0. The number of aromatic nitrogens is 4. The van der Waals surface area contributed by atoms with E-state index in [1.165, 1.54) is 0 Å². The summed E-state index contributed by atoms with van der Waals surface area (Å²) >= 11 is 0. The maximum Gasteiger partial charge on any atom is 0.259 e. The average molecular weight is 393 g/mol. The van der Waals surface area contributed by atoms with Crippen LogP contribution in [0.1, 0.15) is 16.1 Å². The first-order valence-corrected chi connectivity index (χ1v) is 9.65. The van der Waals surface area contributed by atoms with E-state index in [4.69, 9.17) is 0 Å². The van der Waals surface area contributed by atoms with Gasteiger partial charge in [0.2, 0.25) is 0 Å². The molecule has 0 bridgehead atoms.